The Hall–Kier alpha value is 0.250. The Balaban J connectivity index is 2.58. The first-order valence-corrected chi connectivity index (χ1v) is 4.77. The molecule has 2 atom stereocenters. The van der Waals surface area contributed by atoms with Gasteiger partial charge in [0.15, 0.2) is 0 Å². The quantitative estimate of drug-likeness (QED) is 0.588. The molecule has 0 spiro atoms. The highest BCUT2D eigenvalue weighted by Crippen LogP contribution is 2.40. The highest BCUT2D eigenvalue weighted by molar-refractivity contribution is 6.20. The largest absolute Gasteiger partial charge is 0.362 e. The van der Waals surface area contributed by atoms with Gasteiger partial charge in [-0.2, -0.15) is 0 Å². The van der Waals surface area contributed by atoms with Crippen LogP contribution in [0, 0.1) is 11.3 Å². The molecule has 0 amide bonds. The normalized spacial score (nSPS) is 32.7. The topological polar surface area (TPSA) is 9.23 Å². The Labute approximate surface area is 74.1 Å². The van der Waals surface area contributed by atoms with Gasteiger partial charge < -0.3 is 4.74 Å². The Bertz CT molecular complexity index is 134. The predicted octanol–water partition coefficient (Wildman–Crippen LogP) is 3.02. The van der Waals surface area contributed by atoms with Gasteiger partial charge in [0.2, 0.25) is 0 Å². The van der Waals surface area contributed by atoms with E-state index in [9.17, 15) is 0 Å². The molecule has 2 heteroatoms. The average Bonchev–Trinajstić information content (AvgIpc) is 2.36. The van der Waals surface area contributed by atoms with Crippen LogP contribution >= 0.6 is 11.6 Å². The maximum Gasteiger partial charge on any atom is 0.134 e. The van der Waals surface area contributed by atoms with Gasteiger partial charge in [-0.25, -0.2) is 0 Å². The molecule has 0 aromatic rings. The monoisotopic (exact) mass is 176 g/mol. The number of rotatable bonds is 2. The molecule has 0 aliphatic carbocycles. The van der Waals surface area contributed by atoms with Crippen LogP contribution in [0.1, 0.15) is 33.6 Å². The molecule has 1 aliphatic rings. The van der Waals surface area contributed by atoms with E-state index in [0.717, 1.165) is 13.0 Å². The number of hydrogen-bond donors (Lipinski definition) is 0. The van der Waals surface area contributed by atoms with Gasteiger partial charge >= 0.3 is 0 Å². The lowest BCUT2D eigenvalue weighted by Crippen LogP contribution is -2.27. The first-order valence-electron chi connectivity index (χ1n) is 4.33. The molecule has 1 saturated heterocycles. The van der Waals surface area contributed by atoms with E-state index in [1.165, 1.54) is 6.42 Å². The summed E-state index contributed by atoms with van der Waals surface area (Å²) in [6.07, 6.45) is 2.29. The van der Waals surface area contributed by atoms with Gasteiger partial charge in [0.05, 0.1) is 0 Å². The lowest BCUT2D eigenvalue weighted by Gasteiger charge is -2.31. The van der Waals surface area contributed by atoms with Gasteiger partial charge in [-0.1, -0.05) is 38.8 Å². The minimum Gasteiger partial charge on any atom is -0.362 e. The van der Waals surface area contributed by atoms with E-state index in [2.05, 4.69) is 20.8 Å². The number of ether oxygens (including phenoxy) is 1. The molecular weight excluding hydrogens is 160 g/mol. The highest BCUT2D eigenvalue weighted by atomic mass is 35.5. The van der Waals surface area contributed by atoms with Crippen LogP contribution in [0.3, 0.4) is 0 Å². The summed E-state index contributed by atoms with van der Waals surface area (Å²) >= 11 is 6.02. The zero-order valence-electron chi connectivity index (χ0n) is 7.56. The Kier molecular flexibility index (Phi) is 2.82. The molecule has 66 valence electrons. The smallest absolute Gasteiger partial charge is 0.134 e. The number of alkyl halides is 1. The molecule has 0 bridgehead atoms. The van der Waals surface area contributed by atoms with E-state index < -0.39 is 0 Å². The van der Waals surface area contributed by atoms with Gasteiger partial charge in [-0.15, -0.1) is 0 Å². The summed E-state index contributed by atoms with van der Waals surface area (Å²) in [4.78, 5) is 0. The van der Waals surface area contributed by atoms with Crippen molar-refractivity contribution < 1.29 is 4.74 Å². The van der Waals surface area contributed by atoms with Crippen LogP contribution in [-0.4, -0.2) is 12.2 Å². The second-order valence-electron chi connectivity index (χ2n) is 3.96. The molecule has 0 aromatic carbocycles. The zero-order valence-corrected chi connectivity index (χ0v) is 8.32. The molecule has 1 fully saturated rings. The van der Waals surface area contributed by atoms with E-state index in [4.69, 9.17) is 16.3 Å². The molecular formula is C9H17ClO. The Morgan fingerprint density at radius 1 is 1.55 bits per heavy atom. The Morgan fingerprint density at radius 3 is 2.55 bits per heavy atom. The summed E-state index contributed by atoms with van der Waals surface area (Å²) in [5.41, 5.74) is 0.285. The van der Waals surface area contributed by atoms with Crippen molar-refractivity contribution >= 4 is 11.6 Å². The van der Waals surface area contributed by atoms with Crippen LogP contribution in [0.4, 0.5) is 0 Å². The van der Waals surface area contributed by atoms with Crippen LogP contribution in [0.5, 0.6) is 0 Å². The molecule has 0 radical (unpaired) electrons. The molecule has 2 unspecified atom stereocenters. The van der Waals surface area contributed by atoms with Gasteiger partial charge in [-0.3, -0.25) is 0 Å². The maximum atomic E-state index is 6.02. The summed E-state index contributed by atoms with van der Waals surface area (Å²) in [5.74, 6) is 0.536. The molecule has 1 aliphatic heterocycles. The molecule has 11 heavy (non-hydrogen) atoms. The van der Waals surface area contributed by atoms with E-state index in [0.29, 0.717) is 11.3 Å². The van der Waals surface area contributed by atoms with Crippen molar-refractivity contribution in [3.05, 3.63) is 0 Å². The van der Waals surface area contributed by atoms with Gasteiger partial charge in [0, 0.05) is 12.5 Å². The van der Waals surface area contributed by atoms with Crippen molar-refractivity contribution in [3.63, 3.8) is 0 Å². The summed E-state index contributed by atoms with van der Waals surface area (Å²) in [5, 5.41) is 0. The summed E-state index contributed by atoms with van der Waals surface area (Å²) < 4.78 is 5.32. The molecule has 0 N–H and O–H groups in total. The van der Waals surface area contributed by atoms with Crippen molar-refractivity contribution in [2.24, 2.45) is 11.3 Å². The van der Waals surface area contributed by atoms with Crippen LogP contribution < -0.4 is 0 Å². The molecule has 1 nitrogen and oxygen atoms in total. The van der Waals surface area contributed by atoms with Crippen molar-refractivity contribution in [2.75, 3.05) is 6.61 Å². The molecule has 1 heterocycles. The lowest BCUT2D eigenvalue weighted by atomic mass is 9.76. The second kappa shape index (κ2) is 3.32. The van der Waals surface area contributed by atoms with Crippen LogP contribution in [-0.2, 0) is 4.74 Å². The number of hydrogen-bond acceptors (Lipinski definition) is 1. The zero-order chi connectivity index (χ0) is 8.48. The molecule has 1 rings (SSSR count). The first-order chi connectivity index (χ1) is 5.08. The Morgan fingerprint density at radius 2 is 2.18 bits per heavy atom. The predicted molar refractivity (Wildman–Crippen MR) is 47.8 cm³/mol. The van der Waals surface area contributed by atoms with Crippen molar-refractivity contribution in [1.29, 1.82) is 0 Å². The third kappa shape index (κ3) is 1.88. The third-order valence-electron chi connectivity index (χ3n) is 2.94. The molecule has 0 aromatic heterocycles. The summed E-state index contributed by atoms with van der Waals surface area (Å²) in [6.45, 7) is 7.58. The van der Waals surface area contributed by atoms with Gasteiger partial charge in [0.25, 0.3) is 0 Å². The van der Waals surface area contributed by atoms with Crippen LogP contribution in [0.2, 0.25) is 0 Å². The summed E-state index contributed by atoms with van der Waals surface area (Å²) in [6, 6.07) is 0. The lowest BCUT2D eigenvalue weighted by molar-refractivity contribution is 0.109. The van der Waals surface area contributed by atoms with Crippen molar-refractivity contribution in [3.8, 4) is 0 Å². The van der Waals surface area contributed by atoms with E-state index >= 15 is 0 Å². The van der Waals surface area contributed by atoms with Gasteiger partial charge in [-0.05, 0) is 11.8 Å². The fraction of sp³-hybridized carbons (Fsp3) is 1.00. The van der Waals surface area contributed by atoms with Crippen LogP contribution in [0.15, 0.2) is 0 Å². The minimum absolute atomic E-state index is 0.0510. The van der Waals surface area contributed by atoms with E-state index in [-0.39, 0.29) is 5.56 Å². The maximum absolute atomic E-state index is 6.02. The van der Waals surface area contributed by atoms with Crippen LogP contribution in [0.25, 0.3) is 0 Å². The molecule has 0 saturated carbocycles. The highest BCUT2D eigenvalue weighted by Gasteiger charge is 2.37. The number of halogens is 1. The van der Waals surface area contributed by atoms with E-state index in [1.807, 2.05) is 0 Å². The fourth-order valence-electron chi connectivity index (χ4n) is 1.56. The van der Waals surface area contributed by atoms with Crippen molar-refractivity contribution in [1.82, 2.24) is 0 Å². The van der Waals surface area contributed by atoms with Crippen molar-refractivity contribution in [2.45, 2.75) is 39.2 Å². The third-order valence-corrected chi connectivity index (χ3v) is 3.37. The SMILES string of the molecule is CCC(C)(C)C1CCOC1Cl. The fourth-order valence-corrected chi connectivity index (χ4v) is 2.12. The minimum atomic E-state index is -0.0510. The first kappa shape index (κ1) is 9.34. The van der Waals surface area contributed by atoms with E-state index in [1.54, 1.807) is 0 Å². The summed E-state index contributed by atoms with van der Waals surface area (Å²) in [7, 11) is 0. The average molecular weight is 177 g/mol. The standard InChI is InChI=1S/C9H17ClO/c1-4-9(2,3)7-5-6-11-8(7)10/h7-8H,4-6H2,1-3H3. The van der Waals surface area contributed by atoms with Gasteiger partial charge in [0.1, 0.15) is 5.56 Å². The second-order valence-corrected chi connectivity index (χ2v) is 4.39.